The number of carbonyl (C=O) groups is 2. The molecule has 0 N–H and O–H groups in total. The largest absolute Gasteiger partial charge is 0.449 e. The quantitative estimate of drug-likeness (QED) is 0.445. The first-order valence-electron chi connectivity index (χ1n) is 11.6. The summed E-state index contributed by atoms with van der Waals surface area (Å²) in [7, 11) is 0. The van der Waals surface area contributed by atoms with Gasteiger partial charge in [-0.3, -0.25) is 9.78 Å². The minimum Gasteiger partial charge on any atom is -0.449 e. The third-order valence-corrected chi connectivity index (χ3v) is 7.60. The molecule has 34 heavy (non-hydrogen) atoms. The highest BCUT2D eigenvalue weighted by Crippen LogP contribution is 2.52. The van der Waals surface area contributed by atoms with E-state index in [4.69, 9.17) is 4.74 Å². The molecule has 0 unspecified atom stereocenters. The van der Waals surface area contributed by atoms with E-state index in [-0.39, 0.29) is 11.9 Å². The van der Waals surface area contributed by atoms with Crippen molar-refractivity contribution < 1.29 is 14.3 Å². The number of ether oxygens (including phenoxy) is 1. The number of esters is 1. The summed E-state index contributed by atoms with van der Waals surface area (Å²) < 4.78 is 7.68. The van der Waals surface area contributed by atoms with Crippen molar-refractivity contribution in [1.29, 1.82) is 0 Å². The van der Waals surface area contributed by atoms with Crippen molar-refractivity contribution in [2.75, 3.05) is 13.1 Å². The summed E-state index contributed by atoms with van der Waals surface area (Å²) in [4.78, 5) is 32.0. The number of fused-ring (bicyclic) bond motifs is 3. The minimum atomic E-state index is -0.743. The number of aromatic nitrogens is 3. The van der Waals surface area contributed by atoms with Crippen LogP contribution in [-0.4, -0.2) is 44.6 Å². The van der Waals surface area contributed by atoms with Crippen LogP contribution < -0.4 is 0 Å². The molecular weight excluding hydrogens is 428 g/mol. The van der Waals surface area contributed by atoms with Crippen molar-refractivity contribution in [2.45, 2.75) is 30.3 Å². The summed E-state index contributed by atoms with van der Waals surface area (Å²) in [5, 5.41) is 5.74. The zero-order chi connectivity index (χ0) is 22.9. The van der Waals surface area contributed by atoms with E-state index in [0.717, 1.165) is 40.6 Å². The van der Waals surface area contributed by atoms with Crippen LogP contribution in [0.15, 0.2) is 73.2 Å². The van der Waals surface area contributed by atoms with Gasteiger partial charge in [0.15, 0.2) is 5.60 Å². The molecule has 0 radical (unpaired) electrons. The van der Waals surface area contributed by atoms with Gasteiger partial charge in [-0.2, -0.15) is 5.10 Å². The number of hydrogen-bond donors (Lipinski definition) is 0. The lowest BCUT2D eigenvalue weighted by Gasteiger charge is -2.27. The molecule has 2 aromatic heterocycles. The average Bonchev–Trinajstić information content (AvgIpc) is 3.26. The van der Waals surface area contributed by atoms with Crippen molar-refractivity contribution in [3.63, 3.8) is 0 Å². The Hall–Kier alpha value is -4.00. The molecule has 7 nitrogen and oxygen atoms in total. The van der Waals surface area contributed by atoms with Crippen molar-refractivity contribution >= 4 is 22.8 Å². The summed E-state index contributed by atoms with van der Waals surface area (Å²) in [6, 6.07) is 18.0. The first-order chi connectivity index (χ1) is 16.6. The fourth-order valence-electron chi connectivity index (χ4n) is 5.58. The lowest BCUT2D eigenvalue weighted by Crippen LogP contribution is -2.40. The van der Waals surface area contributed by atoms with Crippen LogP contribution in [0, 0.1) is 0 Å². The SMILES string of the molecule is O=C1O[C@]2(CCN(C(=O)C3(c4ccc(-n5cc6ccccc6n5)cc4)CC3)C2)c2ccncc21. The highest BCUT2D eigenvalue weighted by Gasteiger charge is 2.57. The molecule has 2 aliphatic heterocycles. The number of rotatable bonds is 3. The molecule has 1 saturated heterocycles. The first kappa shape index (κ1) is 19.5. The summed E-state index contributed by atoms with van der Waals surface area (Å²) in [6.45, 7) is 0.974. The Morgan fingerprint density at radius 2 is 1.82 bits per heavy atom. The van der Waals surface area contributed by atoms with Gasteiger partial charge >= 0.3 is 5.97 Å². The van der Waals surface area contributed by atoms with Gasteiger partial charge in [0.25, 0.3) is 0 Å². The molecule has 2 fully saturated rings. The third-order valence-electron chi connectivity index (χ3n) is 7.60. The van der Waals surface area contributed by atoms with E-state index in [0.29, 0.717) is 25.1 Å². The number of amides is 1. The molecule has 2 aromatic carbocycles. The molecule has 4 aromatic rings. The van der Waals surface area contributed by atoms with Gasteiger partial charge < -0.3 is 9.64 Å². The van der Waals surface area contributed by atoms with E-state index in [1.165, 1.54) is 0 Å². The highest BCUT2D eigenvalue weighted by atomic mass is 16.6. The summed E-state index contributed by atoms with van der Waals surface area (Å²) in [6.07, 6.45) is 7.54. The molecule has 1 amide bonds. The van der Waals surface area contributed by atoms with Crippen LogP contribution in [-0.2, 0) is 20.5 Å². The number of likely N-dealkylation sites (tertiary alicyclic amines) is 1. The smallest absolute Gasteiger partial charge is 0.341 e. The fourth-order valence-corrected chi connectivity index (χ4v) is 5.58. The maximum atomic E-state index is 13.7. The van der Waals surface area contributed by atoms with Crippen LogP contribution in [0.25, 0.3) is 16.6 Å². The van der Waals surface area contributed by atoms with E-state index in [1.807, 2.05) is 58.2 Å². The van der Waals surface area contributed by atoms with E-state index in [2.05, 4.69) is 22.2 Å². The van der Waals surface area contributed by atoms with Crippen LogP contribution in [0.2, 0.25) is 0 Å². The second-order valence-electron chi connectivity index (χ2n) is 9.54. The molecular formula is C27H22N4O3. The highest BCUT2D eigenvalue weighted by molar-refractivity contribution is 5.95. The van der Waals surface area contributed by atoms with Gasteiger partial charge in [-0.15, -0.1) is 0 Å². The van der Waals surface area contributed by atoms with Crippen molar-refractivity contribution in [3.05, 3.63) is 89.9 Å². The number of carbonyl (C=O) groups excluding carboxylic acids is 2. The summed E-state index contributed by atoms with van der Waals surface area (Å²) in [5.74, 6) is -0.221. The molecule has 4 heterocycles. The Bertz CT molecular complexity index is 1440. The Balaban J connectivity index is 1.14. The molecule has 0 bridgehead atoms. The van der Waals surface area contributed by atoms with Gasteiger partial charge in [0.2, 0.25) is 5.91 Å². The lowest BCUT2D eigenvalue weighted by molar-refractivity contribution is -0.134. The first-order valence-corrected chi connectivity index (χ1v) is 11.6. The fraction of sp³-hybridized carbons (Fsp3) is 0.259. The van der Waals surface area contributed by atoms with E-state index in [9.17, 15) is 9.59 Å². The van der Waals surface area contributed by atoms with E-state index >= 15 is 0 Å². The van der Waals surface area contributed by atoms with Crippen LogP contribution in [0.5, 0.6) is 0 Å². The van der Waals surface area contributed by atoms with Crippen molar-refractivity contribution in [2.24, 2.45) is 0 Å². The Kier molecular flexibility index (Phi) is 3.87. The van der Waals surface area contributed by atoms with Crippen LogP contribution in [0.3, 0.4) is 0 Å². The molecule has 1 atom stereocenters. The Labute approximate surface area is 196 Å². The van der Waals surface area contributed by atoms with Gasteiger partial charge in [0.1, 0.15) is 0 Å². The molecule has 3 aliphatic rings. The zero-order valence-corrected chi connectivity index (χ0v) is 18.5. The maximum Gasteiger partial charge on any atom is 0.341 e. The topological polar surface area (TPSA) is 77.3 Å². The van der Waals surface area contributed by atoms with Crippen molar-refractivity contribution in [1.82, 2.24) is 19.7 Å². The predicted molar refractivity (Wildman–Crippen MR) is 125 cm³/mol. The van der Waals surface area contributed by atoms with Gasteiger partial charge in [-0.05, 0) is 42.7 Å². The standard InChI is InChI=1S/C27H22N4O3/c32-24-21-15-28-13-9-22(21)27(34-24)12-14-30(17-27)25(33)26(10-11-26)19-5-7-20(8-6-19)31-16-18-3-1-2-4-23(18)29-31/h1-9,13,15-16H,10-12,14,17H2/t27-/m0/s1. The molecule has 1 saturated carbocycles. The normalized spacial score (nSPS) is 22.2. The molecule has 7 heteroatoms. The van der Waals surface area contributed by atoms with Crippen molar-refractivity contribution in [3.8, 4) is 5.69 Å². The van der Waals surface area contributed by atoms with E-state index < -0.39 is 11.0 Å². The average molecular weight is 450 g/mol. The second-order valence-corrected chi connectivity index (χ2v) is 9.54. The Morgan fingerprint density at radius 3 is 2.62 bits per heavy atom. The monoisotopic (exact) mass is 450 g/mol. The van der Waals surface area contributed by atoms with Crippen LogP contribution in [0.1, 0.15) is 40.7 Å². The van der Waals surface area contributed by atoms with Gasteiger partial charge in [-0.25, -0.2) is 9.48 Å². The minimum absolute atomic E-state index is 0.125. The predicted octanol–water partition coefficient (Wildman–Crippen LogP) is 3.75. The molecule has 1 aliphatic carbocycles. The number of pyridine rings is 1. The van der Waals surface area contributed by atoms with Crippen LogP contribution >= 0.6 is 0 Å². The second kappa shape index (κ2) is 6.76. The zero-order valence-electron chi connectivity index (χ0n) is 18.5. The van der Waals surface area contributed by atoms with Gasteiger partial charge in [0, 0.05) is 42.5 Å². The third kappa shape index (κ3) is 2.70. The number of hydrogen-bond acceptors (Lipinski definition) is 5. The number of benzene rings is 2. The maximum absolute atomic E-state index is 13.7. The van der Waals surface area contributed by atoms with Crippen LogP contribution in [0.4, 0.5) is 0 Å². The molecule has 7 rings (SSSR count). The summed E-state index contributed by atoms with van der Waals surface area (Å²) >= 11 is 0. The molecule has 168 valence electrons. The lowest BCUT2D eigenvalue weighted by atomic mass is 9.92. The van der Waals surface area contributed by atoms with E-state index in [1.54, 1.807) is 12.4 Å². The Morgan fingerprint density at radius 1 is 1.00 bits per heavy atom. The van der Waals surface area contributed by atoms with Gasteiger partial charge in [-0.1, -0.05) is 30.3 Å². The van der Waals surface area contributed by atoms with Gasteiger partial charge in [0.05, 0.1) is 28.7 Å². The number of nitrogens with zero attached hydrogens (tertiary/aromatic N) is 4. The summed E-state index contributed by atoms with van der Waals surface area (Å²) in [5.41, 5.74) is 3.09. The molecule has 1 spiro atoms.